The van der Waals surface area contributed by atoms with Gasteiger partial charge in [0.05, 0.1) is 5.56 Å². The molecule has 160 valence electrons. The topological polar surface area (TPSA) is 43.6 Å². The van der Waals surface area contributed by atoms with Gasteiger partial charge in [0.25, 0.3) is 12.0 Å². The average Bonchev–Trinajstić information content (AvgIpc) is 2.65. The van der Waals surface area contributed by atoms with E-state index in [1.54, 1.807) is 0 Å². The molecule has 0 amide bonds. The Morgan fingerprint density at radius 2 is 1.63 bits per heavy atom. The summed E-state index contributed by atoms with van der Waals surface area (Å²) in [5.74, 6) is -0.278. The highest BCUT2D eigenvalue weighted by molar-refractivity contribution is 5.68. The molecule has 0 spiro atoms. The van der Waals surface area contributed by atoms with Crippen LogP contribution in [0, 0.1) is 0 Å². The number of halogens is 8. The summed E-state index contributed by atoms with van der Waals surface area (Å²) in [6.07, 6.45) is -11.8. The molecule has 0 N–H and O–H groups in total. The van der Waals surface area contributed by atoms with E-state index in [1.165, 1.54) is 0 Å². The third-order valence-corrected chi connectivity index (χ3v) is 3.92. The minimum atomic E-state index is -5.10. The Kier molecular flexibility index (Phi) is 5.44. The van der Waals surface area contributed by atoms with Crippen molar-refractivity contribution in [2.75, 3.05) is 6.61 Å². The minimum Gasteiger partial charge on any atom is -0.484 e. The summed E-state index contributed by atoms with van der Waals surface area (Å²) in [7, 11) is 0. The molecule has 0 saturated heterocycles. The third kappa shape index (κ3) is 4.52. The van der Waals surface area contributed by atoms with Crippen LogP contribution < -0.4 is 10.3 Å². The molecule has 1 aromatic carbocycles. The van der Waals surface area contributed by atoms with Crippen molar-refractivity contribution in [2.24, 2.45) is 0 Å². The molecule has 0 bridgehead atoms. The lowest BCUT2D eigenvalue weighted by molar-refractivity contribution is -0.153. The molecule has 0 atom stereocenters. The van der Waals surface area contributed by atoms with Gasteiger partial charge in [-0.2, -0.15) is 26.3 Å². The highest BCUT2D eigenvalue weighted by Gasteiger charge is 2.38. The molecule has 0 aliphatic heterocycles. The maximum Gasteiger partial charge on any atom is 0.434 e. The van der Waals surface area contributed by atoms with E-state index in [4.69, 9.17) is 0 Å². The lowest BCUT2D eigenvalue weighted by atomic mass is 10.0. The zero-order chi connectivity index (χ0) is 22.3. The number of aromatic nitrogens is 2. The monoisotopic (exact) mass is 438 g/mol. The Morgan fingerprint density at radius 1 is 1.00 bits per heavy atom. The van der Waals surface area contributed by atoms with Crippen LogP contribution in [0.2, 0.25) is 0 Å². The van der Waals surface area contributed by atoms with Gasteiger partial charge < -0.3 is 4.74 Å². The fraction of sp³-hybridized carbons (Fsp3) is 0.222. The summed E-state index contributed by atoms with van der Waals surface area (Å²) in [6.45, 7) is -1.60. The normalized spacial score (nSPS) is 12.6. The van der Waals surface area contributed by atoms with Crippen LogP contribution >= 0.6 is 0 Å². The Labute approximate surface area is 162 Å². The molecule has 12 heteroatoms. The Hall–Kier alpha value is -3.18. The molecule has 0 saturated carbocycles. The summed E-state index contributed by atoms with van der Waals surface area (Å²) in [6, 6.07) is 5.41. The zero-order valence-electron chi connectivity index (χ0n) is 14.6. The molecule has 4 nitrogen and oxygen atoms in total. The minimum absolute atomic E-state index is 0.278. The van der Waals surface area contributed by atoms with Crippen molar-refractivity contribution >= 4 is 5.65 Å². The quantitative estimate of drug-likeness (QED) is 0.522. The van der Waals surface area contributed by atoms with Crippen molar-refractivity contribution in [2.45, 2.75) is 18.8 Å². The SMILES string of the molecule is O=c1c(-c2ccc(OCC(F)(F)F)cc2)c(C(F)(F)F)nc2cc(C(F)F)ccn12. The highest BCUT2D eigenvalue weighted by Crippen LogP contribution is 2.35. The maximum absolute atomic E-state index is 13.5. The number of ether oxygens (including phenoxy) is 1. The van der Waals surface area contributed by atoms with Gasteiger partial charge in [0.2, 0.25) is 0 Å². The van der Waals surface area contributed by atoms with Gasteiger partial charge in [-0.25, -0.2) is 13.8 Å². The predicted octanol–water partition coefficient (Wildman–Crippen LogP) is 5.26. The van der Waals surface area contributed by atoms with Crippen molar-refractivity contribution in [3.05, 3.63) is 64.2 Å². The van der Waals surface area contributed by atoms with Crippen LogP contribution in [0.5, 0.6) is 5.75 Å². The number of hydrogen-bond donors (Lipinski definition) is 0. The number of rotatable bonds is 4. The summed E-state index contributed by atoms with van der Waals surface area (Å²) in [4.78, 5) is 16.0. The first-order valence-corrected chi connectivity index (χ1v) is 8.08. The standard InChI is InChI=1S/C18H10F8N2O2/c19-15(20)10-5-6-28-12(7-10)27-14(18(24,25)26)13(16(28)29)9-1-3-11(4-2-9)30-8-17(21,22)23/h1-7,15H,8H2. The van der Waals surface area contributed by atoms with E-state index in [1.807, 2.05) is 0 Å². The Morgan fingerprint density at radius 3 is 2.17 bits per heavy atom. The second-order valence-electron chi connectivity index (χ2n) is 6.06. The molecule has 3 aromatic rings. The van der Waals surface area contributed by atoms with Gasteiger partial charge >= 0.3 is 12.4 Å². The largest absolute Gasteiger partial charge is 0.484 e. The number of nitrogens with zero attached hydrogens (tertiary/aromatic N) is 2. The van der Waals surface area contributed by atoms with Gasteiger partial charge in [-0.05, 0) is 29.8 Å². The van der Waals surface area contributed by atoms with Crippen molar-refractivity contribution < 1.29 is 39.9 Å². The fourth-order valence-corrected chi connectivity index (χ4v) is 2.64. The molecule has 2 heterocycles. The van der Waals surface area contributed by atoms with Crippen LogP contribution in [-0.2, 0) is 6.18 Å². The summed E-state index contributed by atoms with van der Waals surface area (Å²) < 4.78 is 108. The fourth-order valence-electron chi connectivity index (χ4n) is 2.64. The molecule has 0 fully saturated rings. The van der Waals surface area contributed by atoms with E-state index in [0.717, 1.165) is 36.5 Å². The van der Waals surface area contributed by atoms with Gasteiger partial charge in [0.1, 0.15) is 11.4 Å². The second kappa shape index (κ2) is 7.58. The molecule has 3 rings (SSSR count). The molecular weight excluding hydrogens is 428 g/mol. The molecule has 0 aliphatic carbocycles. The number of hydrogen-bond acceptors (Lipinski definition) is 3. The number of alkyl halides is 8. The number of fused-ring (bicyclic) bond motifs is 1. The van der Waals surface area contributed by atoms with Crippen LogP contribution in [0.1, 0.15) is 17.7 Å². The van der Waals surface area contributed by atoms with Gasteiger partial charge in [0.15, 0.2) is 12.3 Å². The second-order valence-corrected chi connectivity index (χ2v) is 6.06. The van der Waals surface area contributed by atoms with Crippen LogP contribution in [0.25, 0.3) is 16.8 Å². The average molecular weight is 438 g/mol. The van der Waals surface area contributed by atoms with Gasteiger partial charge in [-0.1, -0.05) is 12.1 Å². The van der Waals surface area contributed by atoms with Gasteiger partial charge in [-0.15, -0.1) is 0 Å². The highest BCUT2D eigenvalue weighted by atomic mass is 19.4. The smallest absolute Gasteiger partial charge is 0.434 e. The van der Waals surface area contributed by atoms with Crippen molar-refractivity contribution in [1.29, 1.82) is 0 Å². The van der Waals surface area contributed by atoms with Crippen LogP contribution in [0.3, 0.4) is 0 Å². The van der Waals surface area contributed by atoms with Crippen LogP contribution in [0.15, 0.2) is 47.4 Å². The zero-order valence-corrected chi connectivity index (χ0v) is 14.6. The Bertz CT molecular complexity index is 1120. The van der Waals surface area contributed by atoms with E-state index in [0.29, 0.717) is 10.5 Å². The van der Waals surface area contributed by atoms with Crippen LogP contribution in [0.4, 0.5) is 35.1 Å². The lowest BCUT2D eigenvalue weighted by Gasteiger charge is -2.14. The molecule has 30 heavy (non-hydrogen) atoms. The molecular formula is C18H10F8N2O2. The summed E-state index contributed by atoms with van der Waals surface area (Å²) >= 11 is 0. The number of benzene rings is 1. The maximum atomic E-state index is 13.5. The third-order valence-electron chi connectivity index (χ3n) is 3.92. The molecule has 0 unspecified atom stereocenters. The Balaban J connectivity index is 2.13. The van der Waals surface area contributed by atoms with E-state index in [-0.39, 0.29) is 11.3 Å². The van der Waals surface area contributed by atoms with Gasteiger partial charge in [-0.3, -0.25) is 9.20 Å². The first kappa shape index (κ1) is 21.5. The van der Waals surface area contributed by atoms with E-state index in [9.17, 15) is 39.9 Å². The van der Waals surface area contributed by atoms with E-state index >= 15 is 0 Å². The summed E-state index contributed by atoms with van der Waals surface area (Å²) in [5.41, 5.74) is -5.20. The first-order valence-electron chi connectivity index (χ1n) is 8.08. The van der Waals surface area contributed by atoms with Crippen molar-refractivity contribution in [3.63, 3.8) is 0 Å². The van der Waals surface area contributed by atoms with E-state index in [2.05, 4.69) is 9.72 Å². The molecule has 0 aliphatic rings. The van der Waals surface area contributed by atoms with Crippen molar-refractivity contribution in [3.8, 4) is 16.9 Å². The van der Waals surface area contributed by atoms with Crippen molar-refractivity contribution in [1.82, 2.24) is 9.38 Å². The number of pyridine rings is 1. The lowest BCUT2D eigenvalue weighted by Crippen LogP contribution is -2.24. The molecule has 2 aromatic heterocycles. The van der Waals surface area contributed by atoms with Crippen LogP contribution in [-0.4, -0.2) is 22.2 Å². The first-order chi connectivity index (χ1) is 13.9. The van der Waals surface area contributed by atoms with Gasteiger partial charge in [0, 0.05) is 11.8 Å². The molecule has 0 radical (unpaired) electrons. The predicted molar refractivity (Wildman–Crippen MR) is 88.4 cm³/mol. The van der Waals surface area contributed by atoms with E-state index < -0.39 is 53.4 Å². The summed E-state index contributed by atoms with van der Waals surface area (Å²) in [5, 5.41) is 0.